The first-order valence-corrected chi connectivity index (χ1v) is 10.6. The number of hydrogen-bond acceptors (Lipinski definition) is 6. The number of nitrogens with one attached hydrogen (secondary N) is 1. The second kappa shape index (κ2) is 8.73. The minimum absolute atomic E-state index is 0.0577. The maximum absolute atomic E-state index is 13.0. The van der Waals surface area contributed by atoms with Crippen LogP contribution in [0.2, 0.25) is 0 Å². The van der Waals surface area contributed by atoms with Crippen molar-refractivity contribution in [2.24, 2.45) is 0 Å². The molecule has 0 radical (unpaired) electrons. The molecule has 0 spiro atoms. The topological polar surface area (TPSA) is 106 Å². The molecule has 1 atom stereocenters. The van der Waals surface area contributed by atoms with Crippen molar-refractivity contribution in [3.63, 3.8) is 0 Å². The number of H-pyrrole nitrogens is 1. The number of carbonyl (C=O) groups is 1. The van der Waals surface area contributed by atoms with E-state index in [4.69, 9.17) is 9.26 Å². The zero-order valence-corrected chi connectivity index (χ0v) is 17.4. The van der Waals surface area contributed by atoms with Crippen LogP contribution in [0, 0.1) is 0 Å². The molecule has 9 heteroatoms. The Morgan fingerprint density at radius 3 is 2.97 bits per heavy atom. The highest BCUT2D eigenvalue weighted by atomic mass is 16.5. The predicted molar refractivity (Wildman–Crippen MR) is 109 cm³/mol. The lowest BCUT2D eigenvalue weighted by Gasteiger charge is -2.35. The third-order valence-corrected chi connectivity index (χ3v) is 5.48. The molecule has 0 unspecified atom stereocenters. The summed E-state index contributed by atoms with van der Waals surface area (Å²) in [6, 6.07) is 5.07. The average molecular weight is 413 g/mol. The fraction of sp³-hybridized carbons (Fsp3) is 0.524. The molecule has 160 valence electrons. The van der Waals surface area contributed by atoms with E-state index in [0.29, 0.717) is 49.7 Å². The van der Waals surface area contributed by atoms with E-state index in [1.807, 2.05) is 24.8 Å². The van der Waals surface area contributed by atoms with Crippen LogP contribution < -0.4 is 10.3 Å². The van der Waals surface area contributed by atoms with Crippen LogP contribution >= 0.6 is 0 Å². The first-order valence-electron chi connectivity index (χ1n) is 10.6. The van der Waals surface area contributed by atoms with E-state index in [1.165, 1.54) is 4.52 Å². The second-order valence-electron chi connectivity index (χ2n) is 7.51. The fourth-order valence-corrected chi connectivity index (χ4v) is 3.97. The number of likely N-dealkylation sites (tertiary alicyclic amines) is 1. The zero-order chi connectivity index (χ0) is 21.1. The van der Waals surface area contributed by atoms with Gasteiger partial charge in [-0.2, -0.15) is 0 Å². The molecule has 0 bridgehead atoms. The maximum atomic E-state index is 13.0. The van der Waals surface area contributed by atoms with Gasteiger partial charge in [0.2, 0.25) is 5.91 Å². The summed E-state index contributed by atoms with van der Waals surface area (Å²) in [6.07, 6.45) is 4.35. The van der Waals surface area contributed by atoms with Gasteiger partial charge >= 0.3 is 0 Å². The minimum atomic E-state index is -0.132. The largest absolute Gasteiger partial charge is 0.476 e. The molecule has 1 saturated heterocycles. The Kier molecular flexibility index (Phi) is 5.87. The van der Waals surface area contributed by atoms with Gasteiger partial charge in [0.25, 0.3) is 11.4 Å². The Bertz CT molecular complexity index is 1080. The molecule has 0 saturated carbocycles. The standard InChI is InChI=1S/C21H27N5O4/c1-3-14-11-21(28)26-18(22-14)13-16(23-26)17-7-5-6-10-25(17)20(27)9-8-15-12-19(24-30-15)29-4-2/h11-13,17,23H,3-10H2,1-2H3/t17-/m0/s1. The first kappa shape index (κ1) is 20.2. The van der Waals surface area contributed by atoms with Crippen LogP contribution in [0.3, 0.4) is 0 Å². The number of fused-ring (bicyclic) bond motifs is 1. The summed E-state index contributed by atoms with van der Waals surface area (Å²) in [5.74, 6) is 1.13. The van der Waals surface area contributed by atoms with E-state index in [1.54, 1.807) is 12.1 Å². The minimum Gasteiger partial charge on any atom is -0.476 e. The van der Waals surface area contributed by atoms with E-state index < -0.39 is 0 Å². The highest BCUT2D eigenvalue weighted by molar-refractivity contribution is 5.77. The SMILES string of the molecule is CCOc1cc(CCC(=O)N2CCCC[C@H]2c2cc3nc(CC)cc(=O)n3[nH]2)on1. The van der Waals surface area contributed by atoms with E-state index in [2.05, 4.69) is 15.2 Å². The van der Waals surface area contributed by atoms with Crippen LogP contribution in [0.5, 0.6) is 5.88 Å². The number of aromatic amines is 1. The van der Waals surface area contributed by atoms with Crippen LogP contribution in [-0.2, 0) is 17.6 Å². The summed E-state index contributed by atoms with van der Waals surface area (Å²) < 4.78 is 12.0. The molecule has 0 aliphatic carbocycles. The van der Waals surface area contributed by atoms with Gasteiger partial charge in [-0.3, -0.25) is 14.7 Å². The first-order chi connectivity index (χ1) is 14.6. The molecule has 3 aromatic rings. The smallest absolute Gasteiger partial charge is 0.272 e. The van der Waals surface area contributed by atoms with E-state index in [-0.39, 0.29) is 17.5 Å². The average Bonchev–Trinajstić information content (AvgIpc) is 3.39. The van der Waals surface area contributed by atoms with Crippen LogP contribution in [-0.4, -0.2) is 43.7 Å². The van der Waals surface area contributed by atoms with E-state index in [0.717, 1.165) is 30.7 Å². The quantitative estimate of drug-likeness (QED) is 0.638. The lowest BCUT2D eigenvalue weighted by molar-refractivity contribution is -0.135. The van der Waals surface area contributed by atoms with Crippen molar-refractivity contribution in [1.29, 1.82) is 0 Å². The number of carbonyl (C=O) groups excluding carboxylic acids is 1. The number of piperidine rings is 1. The normalized spacial score (nSPS) is 16.9. The van der Waals surface area contributed by atoms with Gasteiger partial charge in [-0.15, -0.1) is 0 Å². The maximum Gasteiger partial charge on any atom is 0.272 e. The monoisotopic (exact) mass is 413 g/mol. The molecule has 1 fully saturated rings. The summed E-state index contributed by atoms with van der Waals surface area (Å²) in [5.41, 5.74) is 2.07. The zero-order valence-electron chi connectivity index (χ0n) is 17.4. The van der Waals surface area contributed by atoms with Gasteiger partial charge in [0, 0.05) is 43.3 Å². The van der Waals surface area contributed by atoms with E-state index >= 15 is 0 Å². The van der Waals surface area contributed by atoms with E-state index in [9.17, 15) is 9.59 Å². The number of nitrogens with zero attached hydrogens (tertiary/aromatic N) is 4. The number of aromatic nitrogens is 4. The van der Waals surface area contributed by atoms with Crippen molar-refractivity contribution in [1.82, 2.24) is 24.7 Å². The number of ether oxygens (including phenoxy) is 1. The predicted octanol–water partition coefficient (Wildman–Crippen LogP) is 2.66. The number of rotatable bonds is 7. The van der Waals surface area contributed by atoms with Gasteiger partial charge in [0.1, 0.15) is 5.76 Å². The third-order valence-electron chi connectivity index (χ3n) is 5.48. The Labute approximate surface area is 174 Å². The van der Waals surface area contributed by atoms with Gasteiger partial charge in [-0.1, -0.05) is 6.92 Å². The van der Waals surface area contributed by atoms with Crippen molar-refractivity contribution >= 4 is 11.6 Å². The number of amides is 1. The summed E-state index contributed by atoms with van der Waals surface area (Å²) in [4.78, 5) is 31.8. The molecule has 4 rings (SSSR count). The van der Waals surface area contributed by atoms with Crippen molar-refractivity contribution in [2.45, 2.75) is 58.4 Å². The molecule has 30 heavy (non-hydrogen) atoms. The molecule has 1 aliphatic rings. The second-order valence-corrected chi connectivity index (χ2v) is 7.51. The van der Waals surface area contributed by atoms with Gasteiger partial charge in [0.15, 0.2) is 5.65 Å². The van der Waals surface area contributed by atoms with Crippen LogP contribution in [0.4, 0.5) is 0 Å². The summed E-state index contributed by atoms with van der Waals surface area (Å²) in [6.45, 7) is 5.06. The van der Waals surface area contributed by atoms with Gasteiger partial charge in [-0.05, 0) is 37.8 Å². The highest BCUT2D eigenvalue weighted by Crippen LogP contribution is 2.31. The van der Waals surface area contributed by atoms with Gasteiger partial charge < -0.3 is 14.2 Å². The lowest BCUT2D eigenvalue weighted by Crippen LogP contribution is -2.38. The summed E-state index contributed by atoms with van der Waals surface area (Å²) >= 11 is 0. The highest BCUT2D eigenvalue weighted by Gasteiger charge is 2.29. The molecule has 1 N–H and O–H groups in total. The summed E-state index contributed by atoms with van der Waals surface area (Å²) in [5, 5.41) is 7.00. The van der Waals surface area contributed by atoms with Crippen molar-refractivity contribution in [3.8, 4) is 5.88 Å². The number of aryl methyl sites for hydroxylation is 2. The Morgan fingerprint density at radius 2 is 2.17 bits per heavy atom. The van der Waals surface area contributed by atoms with Crippen LogP contribution in [0.25, 0.3) is 5.65 Å². The molecule has 3 aromatic heterocycles. The molecule has 1 aliphatic heterocycles. The van der Waals surface area contributed by atoms with Crippen LogP contribution in [0.1, 0.15) is 62.7 Å². The Morgan fingerprint density at radius 1 is 1.30 bits per heavy atom. The van der Waals surface area contributed by atoms with Crippen molar-refractivity contribution in [2.75, 3.05) is 13.2 Å². The van der Waals surface area contributed by atoms with Crippen molar-refractivity contribution in [3.05, 3.63) is 45.7 Å². The molecular weight excluding hydrogens is 386 g/mol. The molecule has 4 heterocycles. The molecular formula is C21H27N5O4. The Balaban J connectivity index is 1.50. The molecule has 1 amide bonds. The number of hydrogen-bond donors (Lipinski definition) is 1. The molecule has 9 nitrogen and oxygen atoms in total. The van der Waals surface area contributed by atoms with Gasteiger partial charge in [-0.25, -0.2) is 9.50 Å². The Hall–Kier alpha value is -3.10. The lowest BCUT2D eigenvalue weighted by atomic mass is 9.98. The van der Waals surface area contributed by atoms with Gasteiger partial charge in [0.05, 0.1) is 18.3 Å². The summed E-state index contributed by atoms with van der Waals surface area (Å²) in [7, 11) is 0. The van der Waals surface area contributed by atoms with Crippen LogP contribution in [0.15, 0.2) is 27.5 Å². The fourth-order valence-electron chi connectivity index (χ4n) is 3.97. The van der Waals surface area contributed by atoms with Crippen molar-refractivity contribution < 1.29 is 14.1 Å². The molecule has 0 aromatic carbocycles. The third kappa shape index (κ3) is 4.10.